The summed E-state index contributed by atoms with van der Waals surface area (Å²) in [6.07, 6.45) is 6.48. The molecule has 0 heterocycles. The molecule has 8 heteroatoms. The van der Waals surface area contributed by atoms with Crippen molar-refractivity contribution in [1.82, 2.24) is 0 Å². The molecule has 4 saturated carbocycles. The van der Waals surface area contributed by atoms with Gasteiger partial charge < -0.3 is 4.74 Å². The minimum Gasteiger partial charge on any atom is -0.458 e. The van der Waals surface area contributed by atoms with Crippen molar-refractivity contribution in [2.24, 2.45) is 23.2 Å². The number of ether oxygens (including phenoxy) is 1. The van der Waals surface area contributed by atoms with E-state index in [1.807, 2.05) is 0 Å². The average molecular weight is 338 g/mol. The molecule has 0 spiro atoms. The van der Waals surface area contributed by atoms with Crippen LogP contribution in [0.5, 0.6) is 0 Å². The molecule has 4 rings (SSSR count). The van der Waals surface area contributed by atoms with E-state index in [4.69, 9.17) is 4.55 Å². The highest BCUT2D eigenvalue weighted by Crippen LogP contribution is 2.61. The van der Waals surface area contributed by atoms with Crippen LogP contribution in [0.3, 0.4) is 0 Å². The molecule has 0 aliphatic heterocycles. The van der Waals surface area contributed by atoms with Gasteiger partial charge in [-0.2, -0.15) is 17.2 Å². The molecule has 0 atom stereocenters. The Morgan fingerprint density at radius 1 is 1.14 bits per heavy atom. The van der Waals surface area contributed by atoms with Crippen molar-refractivity contribution < 1.29 is 31.3 Å². The maximum absolute atomic E-state index is 13.1. The van der Waals surface area contributed by atoms with Gasteiger partial charge in [-0.3, -0.25) is 9.35 Å². The fourth-order valence-corrected chi connectivity index (χ4v) is 5.31. The van der Waals surface area contributed by atoms with E-state index in [2.05, 4.69) is 4.74 Å². The summed E-state index contributed by atoms with van der Waals surface area (Å²) in [6, 6.07) is 0. The highest BCUT2D eigenvalue weighted by Gasteiger charge is 2.52. The molecule has 4 bridgehead atoms. The summed E-state index contributed by atoms with van der Waals surface area (Å²) in [6.45, 7) is -1.63. The van der Waals surface area contributed by atoms with Gasteiger partial charge in [0.2, 0.25) is 0 Å². The van der Waals surface area contributed by atoms with E-state index >= 15 is 0 Å². The Kier molecular flexibility index (Phi) is 3.75. The van der Waals surface area contributed by atoms with Gasteiger partial charge in [-0.05, 0) is 61.7 Å². The van der Waals surface area contributed by atoms with Gasteiger partial charge in [-0.25, -0.2) is 0 Å². The minimum absolute atomic E-state index is 0.0675. The highest BCUT2D eigenvalue weighted by atomic mass is 32.2. The van der Waals surface area contributed by atoms with Crippen LogP contribution in [0, 0.1) is 23.2 Å². The molecular formula is C14H20F2O5S. The first kappa shape index (κ1) is 16.1. The van der Waals surface area contributed by atoms with Crippen LogP contribution in [-0.4, -0.2) is 30.8 Å². The fourth-order valence-electron chi connectivity index (χ4n) is 5.10. The number of esters is 1. The van der Waals surface area contributed by atoms with Gasteiger partial charge in [0.15, 0.2) is 6.61 Å². The molecule has 126 valence electrons. The lowest BCUT2D eigenvalue weighted by Gasteiger charge is -2.56. The van der Waals surface area contributed by atoms with Gasteiger partial charge in [-0.1, -0.05) is 0 Å². The second-order valence-electron chi connectivity index (χ2n) is 7.37. The Morgan fingerprint density at radius 2 is 1.59 bits per heavy atom. The Labute approximate surface area is 128 Å². The van der Waals surface area contributed by atoms with Crippen LogP contribution < -0.4 is 0 Å². The topological polar surface area (TPSA) is 80.7 Å². The molecule has 0 saturated heterocycles. The van der Waals surface area contributed by atoms with Crippen molar-refractivity contribution in [2.45, 2.75) is 50.2 Å². The van der Waals surface area contributed by atoms with Crippen LogP contribution >= 0.6 is 0 Å². The fraction of sp³-hybridized carbons (Fsp3) is 0.929. The van der Waals surface area contributed by atoms with E-state index in [9.17, 15) is 22.0 Å². The van der Waals surface area contributed by atoms with Crippen LogP contribution in [0.15, 0.2) is 0 Å². The number of hydrogen-bond acceptors (Lipinski definition) is 4. The zero-order valence-corrected chi connectivity index (χ0v) is 12.9. The second-order valence-corrected chi connectivity index (χ2v) is 8.91. The van der Waals surface area contributed by atoms with E-state index in [0.29, 0.717) is 17.8 Å². The van der Waals surface area contributed by atoms with Gasteiger partial charge in [-0.15, -0.1) is 0 Å². The molecule has 0 aromatic rings. The average Bonchev–Trinajstić information content (AvgIpc) is 2.32. The number of rotatable bonds is 5. The number of alkyl halides is 2. The SMILES string of the molecule is O=C(CC12CC3CC(CC(C3)C1)C2)OCC(F)(F)S(=O)(=O)O. The summed E-state index contributed by atoms with van der Waals surface area (Å²) < 4.78 is 60.0. The van der Waals surface area contributed by atoms with Crippen LogP contribution in [0.2, 0.25) is 0 Å². The molecule has 1 N–H and O–H groups in total. The van der Waals surface area contributed by atoms with Crippen molar-refractivity contribution in [2.75, 3.05) is 6.61 Å². The lowest BCUT2D eigenvalue weighted by atomic mass is 9.49. The van der Waals surface area contributed by atoms with Gasteiger partial charge in [0.1, 0.15) is 0 Å². The smallest absolute Gasteiger partial charge is 0.402 e. The molecule has 0 aromatic carbocycles. The van der Waals surface area contributed by atoms with Gasteiger partial charge in [0, 0.05) is 0 Å². The predicted molar refractivity (Wildman–Crippen MR) is 72.7 cm³/mol. The first-order chi connectivity index (χ1) is 10.1. The minimum atomic E-state index is -5.56. The molecule has 0 unspecified atom stereocenters. The van der Waals surface area contributed by atoms with E-state index in [1.165, 1.54) is 19.3 Å². The van der Waals surface area contributed by atoms with Gasteiger partial charge in [0.25, 0.3) is 0 Å². The number of halogens is 2. The first-order valence-electron chi connectivity index (χ1n) is 7.59. The Hall–Kier alpha value is -0.760. The molecule has 0 amide bonds. The molecule has 4 aliphatic carbocycles. The van der Waals surface area contributed by atoms with E-state index in [1.54, 1.807) is 0 Å². The quantitative estimate of drug-likeness (QED) is 0.616. The zero-order chi connectivity index (χ0) is 16.2. The Morgan fingerprint density at radius 3 is 2.00 bits per heavy atom. The van der Waals surface area contributed by atoms with Crippen LogP contribution in [0.4, 0.5) is 8.78 Å². The third-order valence-corrected chi connectivity index (χ3v) is 6.34. The Bertz CT molecular complexity index is 536. The summed E-state index contributed by atoms with van der Waals surface area (Å²) in [5.41, 5.74) is -0.154. The molecule has 4 fully saturated rings. The predicted octanol–water partition coefficient (Wildman–Crippen LogP) is 2.62. The lowest BCUT2D eigenvalue weighted by Crippen LogP contribution is -2.47. The summed E-state index contributed by atoms with van der Waals surface area (Å²) in [7, 11) is -5.56. The molecule has 0 radical (unpaired) electrons. The summed E-state index contributed by atoms with van der Waals surface area (Å²) in [5.74, 6) is 1.07. The normalized spacial score (nSPS) is 37.3. The zero-order valence-electron chi connectivity index (χ0n) is 12.1. The van der Waals surface area contributed by atoms with E-state index < -0.39 is 27.9 Å². The molecule has 4 aliphatic rings. The van der Waals surface area contributed by atoms with Gasteiger partial charge in [0.05, 0.1) is 6.42 Å². The summed E-state index contributed by atoms with van der Waals surface area (Å²) in [5, 5.41) is -4.45. The van der Waals surface area contributed by atoms with Crippen LogP contribution in [0.25, 0.3) is 0 Å². The second kappa shape index (κ2) is 5.12. The van der Waals surface area contributed by atoms with Crippen molar-refractivity contribution in [3.05, 3.63) is 0 Å². The molecule has 5 nitrogen and oxygen atoms in total. The number of carbonyl (C=O) groups excluding carboxylic acids is 1. The van der Waals surface area contributed by atoms with Crippen molar-refractivity contribution in [1.29, 1.82) is 0 Å². The van der Waals surface area contributed by atoms with E-state index in [-0.39, 0.29) is 11.8 Å². The largest absolute Gasteiger partial charge is 0.458 e. The summed E-state index contributed by atoms with van der Waals surface area (Å²) >= 11 is 0. The maximum Gasteiger partial charge on any atom is 0.402 e. The van der Waals surface area contributed by atoms with Crippen LogP contribution in [-0.2, 0) is 19.6 Å². The molecule has 0 aromatic heterocycles. The highest BCUT2D eigenvalue weighted by molar-refractivity contribution is 7.86. The van der Waals surface area contributed by atoms with Crippen molar-refractivity contribution in [3.8, 4) is 0 Å². The van der Waals surface area contributed by atoms with Crippen LogP contribution in [0.1, 0.15) is 44.9 Å². The number of carbonyl (C=O) groups is 1. The monoisotopic (exact) mass is 338 g/mol. The lowest BCUT2D eigenvalue weighted by molar-refractivity contribution is -0.157. The van der Waals surface area contributed by atoms with E-state index in [0.717, 1.165) is 19.3 Å². The molecule has 22 heavy (non-hydrogen) atoms. The van der Waals surface area contributed by atoms with Gasteiger partial charge >= 0.3 is 21.3 Å². The molecular weight excluding hydrogens is 318 g/mol. The maximum atomic E-state index is 13.1. The summed E-state index contributed by atoms with van der Waals surface area (Å²) in [4.78, 5) is 11.9. The number of hydrogen-bond donors (Lipinski definition) is 1. The third kappa shape index (κ3) is 2.99. The first-order valence-corrected chi connectivity index (χ1v) is 9.03. The standard InChI is InChI=1S/C14H20F2O5S/c15-14(16,22(18,19)20)8-21-12(17)7-13-4-9-1-10(5-13)3-11(2-9)6-13/h9-11H,1-8H2,(H,18,19,20). The van der Waals surface area contributed by atoms with Crippen molar-refractivity contribution in [3.63, 3.8) is 0 Å². The Balaban J connectivity index is 1.59. The third-order valence-electron chi connectivity index (χ3n) is 5.46. The van der Waals surface area contributed by atoms with Crippen molar-refractivity contribution >= 4 is 16.1 Å².